The molecule has 0 spiro atoms. The van der Waals surface area contributed by atoms with Crippen LogP contribution in [-0.2, 0) is 12.8 Å². The lowest BCUT2D eigenvalue weighted by Gasteiger charge is -2.19. The van der Waals surface area contributed by atoms with Crippen molar-refractivity contribution in [1.29, 1.82) is 5.26 Å². The van der Waals surface area contributed by atoms with Crippen LogP contribution in [-0.4, -0.2) is 15.0 Å². The van der Waals surface area contributed by atoms with E-state index in [-0.39, 0.29) is 0 Å². The highest BCUT2D eigenvalue weighted by atomic mass is 15.4. The van der Waals surface area contributed by atoms with Crippen LogP contribution in [0.2, 0.25) is 0 Å². The first-order chi connectivity index (χ1) is 8.47. The molecule has 0 aliphatic heterocycles. The predicted molar refractivity (Wildman–Crippen MR) is 72.0 cm³/mol. The molecule has 0 aliphatic carbocycles. The van der Waals surface area contributed by atoms with Gasteiger partial charge in [-0.3, -0.25) is 0 Å². The molecule has 4 nitrogen and oxygen atoms in total. The van der Waals surface area contributed by atoms with Crippen LogP contribution in [0, 0.1) is 23.2 Å². The SMILES string of the molecule is CC(C)CCc1c(CC#N)nnn1C(C)C(C)C. The predicted octanol–water partition coefficient (Wildman–Crippen LogP) is 3.15. The maximum absolute atomic E-state index is 8.85. The van der Waals surface area contributed by atoms with Gasteiger partial charge >= 0.3 is 0 Å². The van der Waals surface area contributed by atoms with E-state index in [0.717, 1.165) is 24.2 Å². The van der Waals surface area contributed by atoms with Crippen LogP contribution in [0.4, 0.5) is 0 Å². The first-order valence-corrected chi connectivity index (χ1v) is 6.77. The molecule has 0 aromatic carbocycles. The highest BCUT2D eigenvalue weighted by Gasteiger charge is 2.19. The Morgan fingerprint density at radius 1 is 1.22 bits per heavy atom. The molecule has 0 radical (unpaired) electrons. The van der Waals surface area contributed by atoms with Crippen molar-refractivity contribution in [2.45, 2.75) is 59.9 Å². The van der Waals surface area contributed by atoms with E-state index in [1.807, 2.05) is 4.68 Å². The lowest BCUT2D eigenvalue weighted by atomic mass is 10.0. The fourth-order valence-electron chi connectivity index (χ4n) is 1.85. The summed E-state index contributed by atoms with van der Waals surface area (Å²) in [5.74, 6) is 1.16. The average molecular weight is 248 g/mol. The normalized spacial score (nSPS) is 13.0. The minimum absolute atomic E-state index is 0.326. The maximum atomic E-state index is 8.85. The Balaban J connectivity index is 2.99. The van der Waals surface area contributed by atoms with Gasteiger partial charge in [0.1, 0.15) is 0 Å². The molecule has 0 saturated carbocycles. The number of nitrogens with zero attached hydrogens (tertiary/aromatic N) is 4. The number of hydrogen-bond acceptors (Lipinski definition) is 3. The Kier molecular flexibility index (Phi) is 5.33. The van der Waals surface area contributed by atoms with E-state index >= 15 is 0 Å². The minimum atomic E-state index is 0.326. The van der Waals surface area contributed by atoms with Gasteiger partial charge in [-0.2, -0.15) is 5.26 Å². The maximum Gasteiger partial charge on any atom is 0.0999 e. The molecule has 0 saturated heterocycles. The number of rotatable bonds is 6. The largest absolute Gasteiger partial charge is 0.246 e. The lowest BCUT2D eigenvalue weighted by molar-refractivity contribution is 0.355. The monoisotopic (exact) mass is 248 g/mol. The van der Waals surface area contributed by atoms with Crippen molar-refractivity contribution in [3.05, 3.63) is 11.4 Å². The summed E-state index contributed by atoms with van der Waals surface area (Å²) in [6.07, 6.45) is 2.42. The average Bonchev–Trinajstić information content (AvgIpc) is 2.68. The number of hydrogen-bond donors (Lipinski definition) is 0. The minimum Gasteiger partial charge on any atom is -0.246 e. The summed E-state index contributed by atoms with van der Waals surface area (Å²) in [6.45, 7) is 11.0. The van der Waals surface area contributed by atoms with Crippen molar-refractivity contribution < 1.29 is 0 Å². The molecule has 1 aromatic rings. The first kappa shape index (κ1) is 14.7. The van der Waals surface area contributed by atoms with Crippen LogP contribution in [0.1, 0.15) is 58.5 Å². The van der Waals surface area contributed by atoms with Gasteiger partial charge in [-0.1, -0.05) is 32.9 Å². The van der Waals surface area contributed by atoms with E-state index in [4.69, 9.17) is 5.26 Å². The van der Waals surface area contributed by atoms with Gasteiger partial charge in [0.15, 0.2) is 0 Å². The molecular formula is C14H24N4. The van der Waals surface area contributed by atoms with Gasteiger partial charge < -0.3 is 0 Å². The smallest absolute Gasteiger partial charge is 0.0999 e. The molecule has 1 heterocycles. The summed E-state index contributed by atoms with van der Waals surface area (Å²) in [7, 11) is 0. The molecular weight excluding hydrogens is 224 g/mol. The first-order valence-electron chi connectivity index (χ1n) is 6.77. The van der Waals surface area contributed by atoms with Gasteiger partial charge in [-0.15, -0.1) is 5.10 Å². The molecule has 0 amide bonds. The van der Waals surface area contributed by atoms with Crippen molar-refractivity contribution in [3.63, 3.8) is 0 Å². The van der Waals surface area contributed by atoms with Crippen LogP contribution < -0.4 is 0 Å². The van der Waals surface area contributed by atoms with E-state index in [1.54, 1.807) is 0 Å². The van der Waals surface area contributed by atoms with E-state index in [2.05, 4.69) is 51.0 Å². The molecule has 0 fully saturated rings. The van der Waals surface area contributed by atoms with E-state index in [0.29, 0.717) is 24.3 Å². The van der Waals surface area contributed by atoms with Gasteiger partial charge in [0, 0.05) is 0 Å². The molecule has 0 aliphatic rings. The third-order valence-corrected chi connectivity index (χ3v) is 3.43. The van der Waals surface area contributed by atoms with E-state index in [9.17, 15) is 0 Å². The summed E-state index contributed by atoms with van der Waals surface area (Å²) in [4.78, 5) is 0. The van der Waals surface area contributed by atoms with Gasteiger partial charge in [0.05, 0.1) is 29.9 Å². The fourth-order valence-corrected chi connectivity index (χ4v) is 1.85. The third kappa shape index (κ3) is 3.56. The Morgan fingerprint density at radius 2 is 1.89 bits per heavy atom. The Hall–Kier alpha value is -1.37. The van der Waals surface area contributed by atoms with Gasteiger partial charge in [0.2, 0.25) is 0 Å². The summed E-state index contributed by atoms with van der Waals surface area (Å²) < 4.78 is 2.01. The molecule has 4 heteroatoms. The molecule has 1 atom stereocenters. The van der Waals surface area contributed by atoms with Gasteiger partial charge in [-0.05, 0) is 31.6 Å². The molecule has 1 rings (SSSR count). The van der Waals surface area contributed by atoms with Crippen LogP contribution in [0.25, 0.3) is 0 Å². The molecule has 0 bridgehead atoms. The second-order valence-electron chi connectivity index (χ2n) is 5.68. The van der Waals surface area contributed by atoms with Crippen LogP contribution in [0.5, 0.6) is 0 Å². The van der Waals surface area contributed by atoms with E-state index < -0.39 is 0 Å². The Labute approximate surface area is 110 Å². The summed E-state index contributed by atoms with van der Waals surface area (Å²) in [5.41, 5.74) is 2.00. The van der Waals surface area contributed by atoms with Gasteiger partial charge in [-0.25, -0.2) is 4.68 Å². The topological polar surface area (TPSA) is 54.5 Å². The van der Waals surface area contributed by atoms with Crippen molar-refractivity contribution in [1.82, 2.24) is 15.0 Å². The van der Waals surface area contributed by atoms with Crippen molar-refractivity contribution >= 4 is 0 Å². The lowest BCUT2D eigenvalue weighted by Crippen LogP contribution is -2.16. The molecule has 1 aromatic heterocycles. The van der Waals surface area contributed by atoms with E-state index in [1.165, 1.54) is 0 Å². The second kappa shape index (κ2) is 6.53. The van der Waals surface area contributed by atoms with Crippen LogP contribution >= 0.6 is 0 Å². The zero-order valence-electron chi connectivity index (χ0n) is 12.1. The van der Waals surface area contributed by atoms with Crippen molar-refractivity contribution in [3.8, 4) is 6.07 Å². The van der Waals surface area contributed by atoms with Crippen LogP contribution in [0.15, 0.2) is 0 Å². The van der Waals surface area contributed by atoms with Crippen molar-refractivity contribution in [2.75, 3.05) is 0 Å². The summed E-state index contributed by atoms with van der Waals surface area (Å²) >= 11 is 0. The van der Waals surface area contributed by atoms with Gasteiger partial charge in [0.25, 0.3) is 0 Å². The second-order valence-corrected chi connectivity index (χ2v) is 5.68. The fraction of sp³-hybridized carbons (Fsp3) is 0.786. The summed E-state index contributed by atoms with van der Waals surface area (Å²) in [5, 5.41) is 17.3. The number of aromatic nitrogens is 3. The zero-order chi connectivity index (χ0) is 13.7. The Morgan fingerprint density at radius 3 is 2.39 bits per heavy atom. The highest BCUT2D eigenvalue weighted by Crippen LogP contribution is 2.21. The molecule has 0 N–H and O–H groups in total. The zero-order valence-corrected chi connectivity index (χ0v) is 12.1. The molecule has 18 heavy (non-hydrogen) atoms. The third-order valence-electron chi connectivity index (χ3n) is 3.43. The Bertz CT molecular complexity index is 412. The standard InChI is InChI=1S/C14H24N4/c1-10(2)6-7-14-13(8-9-15)16-17-18(14)12(5)11(3)4/h10-12H,6-8H2,1-5H3. The number of nitriles is 1. The highest BCUT2D eigenvalue weighted by molar-refractivity contribution is 5.15. The molecule has 100 valence electrons. The summed E-state index contributed by atoms with van der Waals surface area (Å²) in [6, 6.07) is 2.50. The van der Waals surface area contributed by atoms with Crippen LogP contribution in [0.3, 0.4) is 0 Å². The molecule has 1 unspecified atom stereocenters. The quantitative estimate of drug-likeness (QED) is 0.777. The van der Waals surface area contributed by atoms with Crippen molar-refractivity contribution in [2.24, 2.45) is 11.8 Å².